The Morgan fingerprint density at radius 3 is 2.93 bits per heavy atom. The Balaban J connectivity index is 2.81. The first-order valence-corrected chi connectivity index (χ1v) is 5.59. The first kappa shape index (κ1) is 9.66. The van der Waals surface area contributed by atoms with E-state index in [9.17, 15) is 5.11 Å². The highest BCUT2D eigenvalue weighted by atomic mass is 79.9. The van der Waals surface area contributed by atoms with Crippen LogP contribution in [0.3, 0.4) is 0 Å². The summed E-state index contributed by atoms with van der Waals surface area (Å²) in [5.41, 5.74) is 0.856. The molecule has 0 bridgehead atoms. The Morgan fingerprint density at radius 1 is 1.50 bits per heavy atom. The van der Waals surface area contributed by atoms with Gasteiger partial charge >= 0.3 is 0 Å². The highest BCUT2D eigenvalue weighted by Gasteiger charge is 2.08. The molecule has 0 atom stereocenters. The lowest BCUT2D eigenvalue weighted by Crippen LogP contribution is -1.84. The van der Waals surface area contributed by atoms with Crippen LogP contribution in [0.4, 0.5) is 0 Å². The number of rotatable bonds is 1. The first-order valence-electron chi connectivity index (χ1n) is 3.98. The van der Waals surface area contributed by atoms with Gasteiger partial charge in [-0.2, -0.15) is 5.26 Å². The van der Waals surface area contributed by atoms with E-state index in [0.29, 0.717) is 4.88 Å². The Kier molecular flexibility index (Phi) is 2.55. The van der Waals surface area contributed by atoms with E-state index in [2.05, 4.69) is 22.0 Å². The van der Waals surface area contributed by atoms with Gasteiger partial charge < -0.3 is 5.11 Å². The van der Waals surface area contributed by atoms with Crippen LogP contribution in [0.15, 0.2) is 22.7 Å². The van der Waals surface area contributed by atoms with E-state index in [1.165, 1.54) is 11.3 Å². The fourth-order valence-electron chi connectivity index (χ4n) is 1.34. The number of aliphatic hydroxyl groups excluding tert-OH is 1. The Morgan fingerprint density at radius 2 is 2.29 bits per heavy atom. The minimum Gasteiger partial charge on any atom is -0.392 e. The average Bonchev–Trinajstić information content (AvgIpc) is 2.60. The van der Waals surface area contributed by atoms with Crippen molar-refractivity contribution in [2.24, 2.45) is 0 Å². The second-order valence-electron chi connectivity index (χ2n) is 2.82. The van der Waals surface area contributed by atoms with E-state index in [0.717, 1.165) is 20.1 Å². The molecule has 0 amide bonds. The number of aliphatic hydroxyl groups is 1. The minimum absolute atomic E-state index is 0.0106. The van der Waals surface area contributed by atoms with Gasteiger partial charge in [0, 0.05) is 14.7 Å². The van der Waals surface area contributed by atoms with E-state index in [4.69, 9.17) is 5.26 Å². The fraction of sp³-hybridized carbons (Fsp3) is 0.100. The first-order chi connectivity index (χ1) is 6.76. The SMILES string of the molecule is N#Cc1cc2ccc(Br)c(CO)c2s1. The van der Waals surface area contributed by atoms with Crippen LogP contribution in [0.25, 0.3) is 10.1 Å². The van der Waals surface area contributed by atoms with Gasteiger partial charge in [-0.1, -0.05) is 22.0 Å². The maximum atomic E-state index is 9.19. The van der Waals surface area contributed by atoms with E-state index >= 15 is 0 Å². The molecule has 1 aromatic carbocycles. The third-order valence-corrected chi connectivity index (χ3v) is 3.86. The molecular weight excluding hydrogens is 262 g/mol. The molecule has 14 heavy (non-hydrogen) atoms. The van der Waals surface area contributed by atoms with Crippen molar-refractivity contribution in [3.8, 4) is 6.07 Å². The molecule has 2 rings (SSSR count). The number of fused-ring (bicyclic) bond motifs is 1. The van der Waals surface area contributed by atoms with E-state index in [1.54, 1.807) is 0 Å². The van der Waals surface area contributed by atoms with Crippen LogP contribution in [0.1, 0.15) is 10.4 Å². The van der Waals surface area contributed by atoms with Crippen molar-refractivity contribution in [1.29, 1.82) is 5.26 Å². The smallest absolute Gasteiger partial charge is 0.110 e. The largest absolute Gasteiger partial charge is 0.392 e. The van der Waals surface area contributed by atoms with Gasteiger partial charge in [-0.25, -0.2) is 0 Å². The summed E-state index contributed by atoms with van der Waals surface area (Å²) in [6, 6.07) is 7.78. The summed E-state index contributed by atoms with van der Waals surface area (Å²) in [5, 5.41) is 19.0. The zero-order valence-corrected chi connectivity index (χ0v) is 9.52. The molecule has 0 aliphatic rings. The predicted molar refractivity (Wildman–Crippen MR) is 60.2 cm³/mol. The molecule has 1 heterocycles. The van der Waals surface area contributed by atoms with E-state index in [1.807, 2.05) is 18.2 Å². The summed E-state index contributed by atoms with van der Waals surface area (Å²) in [4.78, 5) is 0.674. The number of nitriles is 1. The summed E-state index contributed by atoms with van der Waals surface area (Å²) >= 11 is 4.78. The van der Waals surface area contributed by atoms with Gasteiger partial charge in [0.1, 0.15) is 10.9 Å². The molecule has 1 aromatic heterocycles. The number of thiophene rings is 1. The van der Waals surface area contributed by atoms with Crippen molar-refractivity contribution < 1.29 is 5.11 Å². The van der Waals surface area contributed by atoms with E-state index < -0.39 is 0 Å². The van der Waals surface area contributed by atoms with Gasteiger partial charge in [-0.3, -0.25) is 0 Å². The highest BCUT2D eigenvalue weighted by Crippen LogP contribution is 2.32. The van der Waals surface area contributed by atoms with Gasteiger partial charge in [0.25, 0.3) is 0 Å². The third-order valence-electron chi connectivity index (χ3n) is 2.00. The molecule has 2 aromatic rings. The van der Waals surface area contributed by atoms with Crippen LogP contribution in [-0.2, 0) is 6.61 Å². The van der Waals surface area contributed by atoms with Crippen molar-refractivity contribution in [3.63, 3.8) is 0 Å². The van der Waals surface area contributed by atoms with Crippen LogP contribution in [0.2, 0.25) is 0 Å². The Hall–Kier alpha value is -0.890. The molecule has 0 aliphatic carbocycles. The lowest BCUT2D eigenvalue weighted by molar-refractivity contribution is 0.283. The van der Waals surface area contributed by atoms with Gasteiger partial charge in [0.05, 0.1) is 6.61 Å². The maximum absolute atomic E-state index is 9.19. The molecule has 70 valence electrons. The van der Waals surface area contributed by atoms with Crippen LogP contribution in [-0.4, -0.2) is 5.11 Å². The van der Waals surface area contributed by atoms with Crippen LogP contribution >= 0.6 is 27.3 Å². The van der Waals surface area contributed by atoms with Crippen molar-refractivity contribution in [1.82, 2.24) is 0 Å². The second kappa shape index (κ2) is 3.70. The highest BCUT2D eigenvalue weighted by molar-refractivity contribution is 9.10. The van der Waals surface area contributed by atoms with Crippen molar-refractivity contribution >= 4 is 37.4 Å². The zero-order valence-electron chi connectivity index (χ0n) is 7.12. The molecule has 1 N–H and O–H groups in total. The topological polar surface area (TPSA) is 44.0 Å². The molecule has 0 saturated heterocycles. The summed E-state index contributed by atoms with van der Waals surface area (Å²) in [7, 11) is 0. The Labute approximate surface area is 93.5 Å². The number of nitrogens with zero attached hydrogens (tertiary/aromatic N) is 1. The number of hydrogen-bond acceptors (Lipinski definition) is 3. The summed E-state index contributed by atoms with van der Waals surface area (Å²) < 4.78 is 1.87. The molecule has 2 nitrogen and oxygen atoms in total. The minimum atomic E-state index is -0.0106. The monoisotopic (exact) mass is 267 g/mol. The second-order valence-corrected chi connectivity index (χ2v) is 4.73. The van der Waals surface area contributed by atoms with Gasteiger partial charge in [0.2, 0.25) is 0 Å². The Bertz CT molecular complexity index is 527. The maximum Gasteiger partial charge on any atom is 0.110 e. The summed E-state index contributed by atoms with van der Waals surface area (Å²) in [6.45, 7) is -0.0106. The van der Waals surface area contributed by atoms with Crippen molar-refractivity contribution in [2.45, 2.75) is 6.61 Å². The standard InChI is InChI=1S/C10H6BrNOS/c11-9-2-1-6-3-7(4-12)14-10(6)8(9)5-13/h1-3,13H,5H2. The molecule has 0 aliphatic heterocycles. The van der Waals surface area contributed by atoms with Crippen LogP contribution in [0, 0.1) is 11.3 Å². The predicted octanol–water partition coefficient (Wildman–Crippen LogP) is 3.03. The molecular formula is C10H6BrNOS. The molecule has 0 unspecified atom stereocenters. The number of hydrogen-bond donors (Lipinski definition) is 1. The lowest BCUT2D eigenvalue weighted by Gasteiger charge is -2.00. The molecule has 0 saturated carbocycles. The quantitative estimate of drug-likeness (QED) is 0.863. The number of halogens is 1. The summed E-state index contributed by atoms with van der Waals surface area (Å²) in [5.74, 6) is 0. The lowest BCUT2D eigenvalue weighted by atomic mass is 10.2. The van der Waals surface area contributed by atoms with Crippen LogP contribution in [0.5, 0.6) is 0 Å². The third kappa shape index (κ3) is 1.44. The fourth-order valence-corrected chi connectivity index (χ4v) is 2.92. The van der Waals surface area contributed by atoms with Gasteiger partial charge in [-0.15, -0.1) is 11.3 Å². The molecule has 0 spiro atoms. The molecule has 4 heteroatoms. The zero-order chi connectivity index (χ0) is 10.1. The van der Waals surface area contributed by atoms with E-state index in [-0.39, 0.29) is 6.61 Å². The molecule has 0 radical (unpaired) electrons. The van der Waals surface area contributed by atoms with Gasteiger partial charge in [-0.05, 0) is 17.5 Å². The molecule has 0 fully saturated rings. The van der Waals surface area contributed by atoms with Crippen molar-refractivity contribution in [2.75, 3.05) is 0 Å². The van der Waals surface area contributed by atoms with Crippen molar-refractivity contribution in [3.05, 3.63) is 33.1 Å². The van der Waals surface area contributed by atoms with Gasteiger partial charge in [0.15, 0.2) is 0 Å². The summed E-state index contributed by atoms with van der Waals surface area (Å²) in [6.07, 6.45) is 0. The normalized spacial score (nSPS) is 10.4. The number of benzene rings is 1. The average molecular weight is 268 g/mol. The van der Waals surface area contributed by atoms with Crippen LogP contribution < -0.4 is 0 Å².